The molecule has 2 saturated heterocycles. The monoisotopic (exact) mass is 988 g/mol. The molecule has 3 atom stereocenters. The van der Waals surface area contributed by atoms with Gasteiger partial charge in [-0.05, 0) is 80.9 Å². The highest BCUT2D eigenvalue weighted by atomic mass is 35.5. The van der Waals surface area contributed by atoms with Crippen molar-refractivity contribution in [1.29, 1.82) is 0 Å². The number of hydrogen-bond acceptors (Lipinski definition) is 12. The van der Waals surface area contributed by atoms with E-state index in [2.05, 4.69) is 59.9 Å². The Bertz CT molecular complexity index is 2770. The lowest BCUT2D eigenvalue weighted by Crippen LogP contribution is -2.57. The second-order valence-corrected chi connectivity index (χ2v) is 20.9. The van der Waals surface area contributed by atoms with Crippen LogP contribution in [0.2, 0.25) is 5.02 Å². The maximum absolute atomic E-state index is 14.1. The molecule has 3 amide bonds. The molecule has 1 unspecified atom stereocenters. The maximum atomic E-state index is 14.1. The number of aromatic nitrogens is 4. The van der Waals surface area contributed by atoms with E-state index in [1.807, 2.05) is 94.0 Å². The number of nitrogens with one attached hydrogen (secondary N) is 4. The second kappa shape index (κ2) is 22.3. The lowest BCUT2D eigenvalue weighted by Gasteiger charge is -2.38. The first-order valence-corrected chi connectivity index (χ1v) is 25.5. The van der Waals surface area contributed by atoms with E-state index in [4.69, 9.17) is 21.3 Å². The summed E-state index contributed by atoms with van der Waals surface area (Å²) in [6.07, 6.45) is 7.71. The standard InChI is InChI=1S/C53H65ClN10O5S/c1-33-48(70-32-58-33)35-17-15-34(16-18-35)28-56-50(67)44-27-38(65)31-64(44)51(68)49(53(2,3)4)60-46(66)14-8-7-11-23-62(5)36-21-24-63(25-22-36)37-19-20-43(45(26-37)69-6)59-52-57-30-41(54)47(61-52)40-29-55-42-13-10-9-12-39(40)42/h9-10,12-13,15-20,26,29-30,32,36,38,44,49,55,65H,7-8,11,14,21-25,27-28,31H2,1-6H3,(H,56,67)(H,60,66)(H,57,59,61)/t38-,44+,49?/m1/s1. The number of aliphatic hydroxyl groups is 1. The van der Waals surface area contributed by atoms with Crippen molar-refractivity contribution in [3.05, 3.63) is 101 Å². The molecule has 15 nitrogen and oxygen atoms in total. The van der Waals surface area contributed by atoms with Gasteiger partial charge in [0, 0.05) is 79.5 Å². The van der Waals surface area contributed by atoms with E-state index >= 15 is 0 Å². The van der Waals surface area contributed by atoms with Crippen LogP contribution in [-0.4, -0.2) is 117 Å². The van der Waals surface area contributed by atoms with Crippen LogP contribution >= 0.6 is 22.9 Å². The van der Waals surface area contributed by atoms with Crippen molar-refractivity contribution in [2.45, 2.75) is 103 Å². The third-order valence-corrected chi connectivity index (χ3v) is 14.9. The number of aryl methyl sites for hydroxylation is 1. The Kier molecular flexibility index (Phi) is 16.1. The van der Waals surface area contributed by atoms with Crippen LogP contribution in [0.15, 0.2) is 84.6 Å². The number of hydrogen-bond donors (Lipinski definition) is 5. The predicted molar refractivity (Wildman–Crippen MR) is 279 cm³/mol. The number of piperidine rings is 1. The van der Waals surface area contributed by atoms with E-state index in [1.165, 1.54) is 4.90 Å². The fraction of sp³-hybridized carbons (Fsp3) is 0.434. The number of β-amino-alcohol motifs (C(OH)–C–C–N with tert-alkyl or cyclic N) is 1. The molecule has 0 bridgehead atoms. The van der Waals surface area contributed by atoms with Gasteiger partial charge in [0.15, 0.2) is 0 Å². The molecular formula is C53H65ClN10O5S. The van der Waals surface area contributed by atoms with E-state index in [1.54, 1.807) is 24.6 Å². The number of methoxy groups -OCH3 is 1. The van der Waals surface area contributed by atoms with Gasteiger partial charge in [-0.15, -0.1) is 11.3 Å². The molecule has 0 spiro atoms. The van der Waals surface area contributed by atoms with Crippen molar-refractivity contribution < 1.29 is 24.2 Å². The average Bonchev–Trinajstić information content (AvgIpc) is 4.11. The van der Waals surface area contributed by atoms with E-state index in [-0.39, 0.29) is 37.2 Å². The topological polar surface area (TPSA) is 181 Å². The number of amides is 3. The minimum Gasteiger partial charge on any atom is -0.494 e. The molecule has 0 aliphatic carbocycles. The van der Waals surface area contributed by atoms with Gasteiger partial charge in [0.25, 0.3) is 0 Å². The average molecular weight is 990 g/mol. The van der Waals surface area contributed by atoms with Crippen molar-refractivity contribution in [3.63, 3.8) is 0 Å². The molecule has 2 aliphatic rings. The number of H-pyrrole nitrogens is 1. The number of benzene rings is 3. The highest BCUT2D eigenvalue weighted by Crippen LogP contribution is 2.36. The number of unbranched alkanes of at least 4 members (excludes halogenated alkanes) is 2. The minimum atomic E-state index is -0.856. The number of carbonyl (C=O) groups is 3. The Morgan fingerprint density at radius 3 is 2.53 bits per heavy atom. The summed E-state index contributed by atoms with van der Waals surface area (Å²) in [7, 11) is 3.85. The van der Waals surface area contributed by atoms with Gasteiger partial charge < -0.3 is 45.5 Å². The SMILES string of the molecule is COc1cc(N2CCC(N(C)CCCCCC(=O)NC(C(=O)N3C[C@H](O)C[C@H]3C(=O)NCc3ccc(-c4scnc4C)cc3)C(C)(C)C)CC2)ccc1Nc1ncc(Cl)c(-c2c[nH]c3ccccc23)n1. The van der Waals surface area contributed by atoms with E-state index in [9.17, 15) is 19.5 Å². The molecule has 370 valence electrons. The third kappa shape index (κ3) is 11.9. The first-order chi connectivity index (χ1) is 33.7. The Labute approximate surface area is 419 Å². The van der Waals surface area contributed by atoms with Crippen molar-refractivity contribution in [3.8, 4) is 27.4 Å². The van der Waals surface area contributed by atoms with Gasteiger partial charge >= 0.3 is 0 Å². The van der Waals surface area contributed by atoms with Crippen LogP contribution in [0.5, 0.6) is 5.75 Å². The van der Waals surface area contributed by atoms with Gasteiger partial charge in [-0.3, -0.25) is 14.4 Å². The number of ether oxygens (including phenoxy) is 1. The Balaban J connectivity index is 0.762. The lowest BCUT2D eigenvalue weighted by atomic mass is 9.85. The van der Waals surface area contributed by atoms with E-state index in [0.717, 1.165) is 94.9 Å². The zero-order valence-electron chi connectivity index (χ0n) is 40.9. The fourth-order valence-electron chi connectivity index (χ4n) is 9.57. The van der Waals surface area contributed by atoms with Crippen LogP contribution in [0.25, 0.3) is 32.6 Å². The molecule has 0 saturated carbocycles. The third-order valence-electron chi connectivity index (χ3n) is 13.6. The lowest BCUT2D eigenvalue weighted by molar-refractivity contribution is -0.144. The van der Waals surface area contributed by atoms with Crippen molar-refractivity contribution in [2.75, 3.05) is 50.6 Å². The number of nitrogens with zero attached hydrogens (tertiary/aromatic N) is 6. The fourth-order valence-corrected chi connectivity index (χ4v) is 10.6. The summed E-state index contributed by atoms with van der Waals surface area (Å²) in [4.78, 5) is 65.2. The Hall–Kier alpha value is -6.07. The summed E-state index contributed by atoms with van der Waals surface area (Å²) < 4.78 is 5.83. The van der Waals surface area contributed by atoms with Gasteiger partial charge in [0.2, 0.25) is 23.7 Å². The second-order valence-electron chi connectivity index (χ2n) is 19.6. The first-order valence-electron chi connectivity index (χ1n) is 24.2. The van der Waals surface area contributed by atoms with Crippen LogP contribution in [0.3, 0.4) is 0 Å². The largest absolute Gasteiger partial charge is 0.494 e. The summed E-state index contributed by atoms with van der Waals surface area (Å²) in [5.41, 5.74) is 8.56. The molecule has 3 aromatic heterocycles. The Morgan fingerprint density at radius 2 is 1.80 bits per heavy atom. The normalized spacial score (nSPS) is 17.0. The molecule has 70 heavy (non-hydrogen) atoms. The zero-order valence-corrected chi connectivity index (χ0v) is 42.5. The van der Waals surface area contributed by atoms with Crippen LogP contribution in [-0.2, 0) is 20.9 Å². The summed E-state index contributed by atoms with van der Waals surface area (Å²) in [6.45, 7) is 10.8. The molecule has 2 aliphatic heterocycles. The first kappa shape index (κ1) is 50.3. The van der Waals surface area contributed by atoms with Gasteiger partial charge in [0.1, 0.15) is 17.8 Å². The zero-order chi connectivity index (χ0) is 49.5. The Morgan fingerprint density at radius 1 is 1.03 bits per heavy atom. The highest BCUT2D eigenvalue weighted by Gasteiger charge is 2.44. The van der Waals surface area contributed by atoms with Gasteiger partial charge in [-0.25, -0.2) is 15.0 Å². The number of halogens is 1. The van der Waals surface area contributed by atoms with E-state index in [0.29, 0.717) is 41.3 Å². The minimum absolute atomic E-state index is 0.0333. The van der Waals surface area contributed by atoms with Crippen LogP contribution in [0, 0.1) is 12.3 Å². The summed E-state index contributed by atoms with van der Waals surface area (Å²) in [5.74, 6) is 0.225. The molecule has 0 radical (unpaired) electrons. The van der Waals surface area contributed by atoms with Crippen LogP contribution < -0.4 is 25.6 Å². The molecule has 17 heteroatoms. The van der Waals surface area contributed by atoms with Gasteiger partial charge in [-0.2, -0.15) is 0 Å². The van der Waals surface area contributed by atoms with Crippen LogP contribution in [0.1, 0.15) is 77.0 Å². The number of fused-ring (bicyclic) bond motifs is 1. The van der Waals surface area contributed by atoms with Crippen LogP contribution in [0.4, 0.5) is 17.3 Å². The number of carbonyl (C=O) groups excluding carboxylic acids is 3. The van der Waals surface area contributed by atoms with Crippen molar-refractivity contribution >= 4 is 68.9 Å². The number of para-hydroxylation sites is 1. The highest BCUT2D eigenvalue weighted by molar-refractivity contribution is 7.13. The smallest absolute Gasteiger partial charge is 0.246 e. The summed E-state index contributed by atoms with van der Waals surface area (Å²) in [5, 5.41) is 21.4. The number of aliphatic hydroxyl groups excluding tert-OH is 1. The molecule has 3 aromatic carbocycles. The number of rotatable bonds is 18. The maximum Gasteiger partial charge on any atom is 0.246 e. The quantitative estimate of drug-likeness (QED) is 0.0520. The predicted octanol–water partition coefficient (Wildman–Crippen LogP) is 8.73. The number of anilines is 3. The van der Waals surface area contributed by atoms with Gasteiger partial charge in [0.05, 0.1) is 51.9 Å². The molecule has 8 rings (SSSR count). The molecule has 5 heterocycles. The summed E-state index contributed by atoms with van der Waals surface area (Å²) >= 11 is 8.17. The van der Waals surface area contributed by atoms with Crippen molar-refractivity contribution in [1.82, 2.24) is 40.4 Å². The van der Waals surface area contributed by atoms with E-state index < -0.39 is 23.6 Å². The number of likely N-dealkylation sites (tertiary alicyclic amines) is 1. The summed E-state index contributed by atoms with van der Waals surface area (Å²) in [6, 6.07) is 20.9. The number of aromatic amines is 1. The van der Waals surface area contributed by atoms with Crippen molar-refractivity contribution in [2.24, 2.45) is 5.41 Å². The molecule has 2 fully saturated rings. The molecule has 6 aromatic rings. The molecular weight excluding hydrogens is 924 g/mol. The van der Waals surface area contributed by atoms with Gasteiger partial charge in [-0.1, -0.05) is 81.3 Å². The number of thiazole rings is 1. The molecule has 5 N–H and O–H groups in total.